The molecule has 4 aromatic rings. The molecule has 0 aliphatic rings. The highest BCUT2D eigenvalue weighted by Gasteiger charge is 2.19. The Morgan fingerprint density at radius 1 is 0.893 bits per heavy atom. The zero-order chi connectivity index (χ0) is 19.3. The molecule has 0 bridgehead atoms. The van der Waals surface area contributed by atoms with Gasteiger partial charge >= 0.3 is 5.97 Å². The molecule has 0 aliphatic carbocycles. The number of nitrogens with zero attached hydrogens (tertiary/aromatic N) is 1. The van der Waals surface area contributed by atoms with Crippen molar-refractivity contribution in [2.75, 3.05) is 0 Å². The van der Waals surface area contributed by atoms with Crippen LogP contribution in [0.25, 0.3) is 10.6 Å². The van der Waals surface area contributed by atoms with Crippen molar-refractivity contribution in [3.8, 4) is 10.6 Å². The lowest BCUT2D eigenvalue weighted by Gasteiger charge is -2.08. The Morgan fingerprint density at radius 3 is 2.39 bits per heavy atom. The molecule has 2 aromatic heterocycles. The molecule has 4 rings (SSSR count). The zero-order valence-electron chi connectivity index (χ0n) is 14.7. The molecular weight excluding hydrogens is 390 g/mol. The zero-order valence-corrected chi connectivity index (χ0v) is 16.3. The van der Waals surface area contributed by atoms with Gasteiger partial charge in [-0.2, -0.15) is 11.3 Å². The highest BCUT2D eigenvalue weighted by atomic mass is 32.1. The molecule has 28 heavy (non-hydrogen) atoms. The fraction of sp³-hybridized carbons (Fsp3) is 0.0455. The SMILES string of the molecule is O=C(OCc1csc(-c2ccsc2)n1)c1ccccc1C(=O)c1ccccc1. The number of carbonyl (C=O) groups excluding carboxylic acids is 2. The molecule has 0 aliphatic heterocycles. The summed E-state index contributed by atoms with van der Waals surface area (Å²) in [6.07, 6.45) is 0. The van der Waals surface area contributed by atoms with Gasteiger partial charge in [0.2, 0.25) is 0 Å². The van der Waals surface area contributed by atoms with Gasteiger partial charge in [-0.05, 0) is 17.5 Å². The summed E-state index contributed by atoms with van der Waals surface area (Å²) in [5, 5.41) is 6.80. The minimum absolute atomic E-state index is 0.0628. The van der Waals surface area contributed by atoms with Gasteiger partial charge in [-0.3, -0.25) is 4.79 Å². The molecule has 0 atom stereocenters. The quantitative estimate of drug-likeness (QED) is 0.316. The van der Waals surface area contributed by atoms with Crippen LogP contribution in [0.4, 0.5) is 0 Å². The fourth-order valence-corrected chi connectivity index (χ4v) is 4.23. The number of esters is 1. The summed E-state index contributed by atoms with van der Waals surface area (Å²) >= 11 is 3.12. The Labute approximate surface area is 170 Å². The Bertz CT molecular complexity index is 1100. The smallest absolute Gasteiger partial charge is 0.339 e. The lowest BCUT2D eigenvalue weighted by Crippen LogP contribution is -2.12. The van der Waals surface area contributed by atoms with E-state index in [9.17, 15) is 9.59 Å². The second-order valence-corrected chi connectivity index (χ2v) is 7.61. The van der Waals surface area contributed by atoms with E-state index < -0.39 is 5.97 Å². The number of thiophene rings is 1. The molecule has 138 valence electrons. The molecule has 6 heteroatoms. The predicted octanol–water partition coefficient (Wildman–Crippen LogP) is 5.46. The van der Waals surface area contributed by atoms with Crippen molar-refractivity contribution in [2.24, 2.45) is 0 Å². The summed E-state index contributed by atoms with van der Waals surface area (Å²) in [6, 6.07) is 17.6. The van der Waals surface area contributed by atoms with Crippen molar-refractivity contribution in [1.29, 1.82) is 0 Å². The number of thiazole rings is 1. The summed E-state index contributed by atoms with van der Waals surface area (Å²) < 4.78 is 5.43. The summed E-state index contributed by atoms with van der Waals surface area (Å²) in [6.45, 7) is 0.0628. The van der Waals surface area contributed by atoms with Crippen molar-refractivity contribution < 1.29 is 14.3 Å². The van der Waals surface area contributed by atoms with Gasteiger partial charge in [-0.1, -0.05) is 48.5 Å². The lowest BCUT2D eigenvalue weighted by atomic mass is 9.98. The molecule has 2 aromatic carbocycles. The molecule has 2 heterocycles. The van der Waals surface area contributed by atoms with E-state index in [2.05, 4.69) is 4.98 Å². The van der Waals surface area contributed by atoms with Crippen LogP contribution in [0, 0.1) is 0 Å². The average Bonchev–Trinajstić information content (AvgIpc) is 3.44. The molecule has 0 saturated carbocycles. The van der Waals surface area contributed by atoms with Crippen molar-refractivity contribution in [3.05, 3.63) is 99.2 Å². The van der Waals surface area contributed by atoms with Gasteiger partial charge in [0, 0.05) is 27.5 Å². The number of carbonyl (C=O) groups is 2. The maximum absolute atomic E-state index is 12.8. The summed E-state index contributed by atoms with van der Waals surface area (Å²) in [7, 11) is 0. The van der Waals surface area contributed by atoms with E-state index in [1.54, 1.807) is 59.9 Å². The predicted molar refractivity (Wildman–Crippen MR) is 111 cm³/mol. The van der Waals surface area contributed by atoms with Gasteiger partial charge in [0.05, 0.1) is 11.3 Å². The third-order valence-corrected chi connectivity index (χ3v) is 5.72. The molecule has 4 nitrogen and oxygen atoms in total. The Morgan fingerprint density at radius 2 is 1.64 bits per heavy atom. The van der Waals surface area contributed by atoms with Crippen LogP contribution >= 0.6 is 22.7 Å². The maximum atomic E-state index is 12.8. The van der Waals surface area contributed by atoms with Gasteiger partial charge in [0.1, 0.15) is 11.6 Å². The van der Waals surface area contributed by atoms with Crippen LogP contribution in [-0.4, -0.2) is 16.7 Å². The van der Waals surface area contributed by atoms with Crippen LogP contribution < -0.4 is 0 Å². The number of hydrogen-bond acceptors (Lipinski definition) is 6. The van der Waals surface area contributed by atoms with Crippen LogP contribution in [0.15, 0.2) is 76.8 Å². The van der Waals surface area contributed by atoms with Crippen LogP contribution in [0.5, 0.6) is 0 Å². The maximum Gasteiger partial charge on any atom is 0.339 e. The lowest BCUT2D eigenvalue weighted by molar-refractivity contribution is 0.0466. The number of ketones is 1. The van der Waals surface area contributed by atoms with E-state index in [1.165, 1.54) is 11.3 Å². The van der Waals surface area contributed by atoms with E-state index in [0.717, 1.165) is 10.6 Å². The third-order valence-electron chi connectivity index (χ3n) is 4.10. The number of benzene rings is 2. The van der Waals surface area contributed by atoms with Gasteiger partial charge < -0.3 is 4.74 Å². The molecule has 0 spiro atoms. The Hall–Kier alpha value is -3.09. The Kier molecular flexibility index (Phi) is 5.41. The van der Waals surface area contributed by atoms with Crippen LogP contribution in [0.1, 0.15) is 32.0 Å². The highest BCUT2D eigenvalue weighted by Crippen LogP contribution is 2.26. The van der Waals surface area contributed by atoms with E-state index in [-0.39, 0.29) is 18.0 Å². The summed E-state index contributed by atoms with van der Waals surface area (Å²) in [5.41, 5.74) is 2.86. The largest absolute Gasteiger partial charge is 0.456 e. The number of rotatable bonds is 6. The number of ether oxygens (including phenoxy) is 1. The fourth-order valence-electron chi connectivity index (χ4n) is 2.71. The third kappa shape index (κ3) is 3.93. The van der Waals surface area contributed by atoms with E-state index >= 15 is 0 Å². The second kappa shape index (κ2) is 8.29. The van der Waals surface area contributed by atoms with Gasteiger partial charge in [-0.15, -0.1) is 11.3 Å². The van der Waals surface area contributed by atoms with E-state index in [1.807, 2.05) is 28.3 Å². The minimum atomic E-state index is -0.537. The second-order valence-electron chi connectivity index (χ2n) is 5.97. The highest BCUT2D eigenvalue weighted by molar-refractivity contribution is 7.14. The molecule has 0 fully saturated rings. The molecule has 0 radical (unpaired) electrons. The number of aromatic nitrogens is 1. The first kappa shape index (κ1) is 18.3. The van der Waals surface area contributed by atoms with Crippen molar-refractivity contribution in [1.82, 2.24) is 4.98 Å². The molecular formula is C22H15NO3S2. The first-order valence-corrected chi connectivity index (χ1v) is 10.4. The summed E-state index contributed by atoms with van der Waals surface area (Å²) in [4.78, 5) is 29.9. The molecule has 0 amide bonds. The molecule has 0 saturated heterocycles. The standard InChI is InChI=1S/C22H15NO3S2/c24-20(15-6-2-1-3-7-15)18-8-4-5-9-19(18)22(25)26-12-17-14-28-21(23-17)16-10-11-27-13-16/h1-11,13-14H,12H2. The monoisotopic (exact) mass is 405 g/mol. The average molecular weight is 406 g/mol. The van der Waals surface area contributed by atoms with Gasteiger partial charge in [0.15, 0.2) is 5.78 Å². The van der Waals surface area contributed by atoms with Crippen molar-refractivity contribution in [3.63, 3.8) is 0 Å². The van der Waals surface area contributed by atoms with Crippen molar-refractivity contribution >= 4 is 34.4 Å². The normalized spacial score (nSPS) is 10.6. The molecule has 0 N–H and O–H groups in total. The van der Waals surface area contributed by atoms with Gasteiger partial charge in [0.25, 0.3) is 0 Å². The van der Waals surface area contributed by atoms with E-state index in [0.29, 0.717) is 16.8 Å². The van der Waals surface area contributed by atoms with Gasteiger partial charge in [-0.25, -0.2) is 9.78 Å². The van der Waals surface area contributed by atoms with Crippen LogP contribution in [-0.2, 0) is 11.3 Å². The van der Waals surface area contributed by atoms with Crippen LogP contribution in [0.2, 0.25) is 0 Å². The van der Waals surface area contributed by atoms with Crippen LogP contribution in [0.3, 0.4) is 0 Å². The minimum Gasteiger partial charge on any atom is -0.456 e. The van der Waals surface area contributed by atoms with E-state index in [4.69, 9.17) is 4.74 Å². The summed E-state index contributed by atoms with van der Waals surface area (Å²) in [5.74, 6) is -0.744. The first-order chi connectivity index (χ1) is 13.7. The number of hydrogen-bond donors (Lipinski definition) is 0. The van der Waals surface area contributed by atoms with Crippen molar-refractivity contribution in [2.45, 2.75) is 6.61 Å². The Balaban J connectivity index is 1.49. The molecule has 0 unspecified atom stereocenters. The first-order valence-electron chi connectivity index (χ1n) is 8.55. The topological polar surface area (TPSA) is 56.3 Å².